The van der Waals surface area contributed by atoms with Gasteiger partial charge in [0.1, 0.15) is 0 Å². The van der Waals surface area contributed by atoms with Crippen molar-refractivity contribution in [2.45, 2.75) is 6.92 Å². The van der Waals surface area contributed by atoms with Crippen LogP contribution in [0.1, 0.15) is 6.92 Å². The highest BCUT2D eigenvalue weighted by molar-refractivity contribution is 5.05. The molecule has 0 aliphatic heterocycles. The van der Waals surface area contributed by atoms with E-state index in [1.807, 2.05) is 0 Å². The Labute approximate surface area is 53.7 Å². The Bertz CT molecular complexity index is 151. The van der Waals surface area contributed by atoms with Crippen molar-refractivity contribution in [3.05, 3.63) is 16.6 Å². The van der Waals surface area contributed by atoms with E-state index in [0.29, 0.717) is 5.70 Å². The predicted molar refractivity (Wildman–Crippen MR) is 31.8 cm³/mol. The van der Waals surface area contributed by atoms with Crippen LogP contribution >= 0.6 is 0 Å². The number of methoxy groups -OCH3 is 2. The van der Waals surface area contributed by atoms with E-state index in [2.05, 4.69) is 14.4 Å². The fourth-order valence-corrected chi connectivity index (χ4v) is 0.420. The van der Waals surface area contributed by atoms with Crippen LogP contribution in [0.25, 0.3) is 4.98 Å². The molecule has 0 aromatic heterocycles. The fourth-order valence-electron chi connectivity index (χ4n) is 0.420. The quantitative estimate of drug-likeness (QED) is 0.417. The minimum Gasteiger partial charge on any atom is -0.463 e. The predicted octanol–water partition coefficient (Wildman–Crippen LogP) is 1.32. The van der Waals surface area contributed by atoms with Crippen molar-refractivity contribution in [2.75, 3.05) is 14.2 Å². The van der Waals surface area contributed by atoms with Crippen molar-refractivity contribution in [2.24, 2.45) is 0 Å². The molecular weight excluding hydrogens is 120 g/mol. The van der Waals surface area contributed by atoms with Crippen LogP contribution in [-0.2, 0) is 9.47 Å². The van der Waals surface area contributed by atoms with Crippen LogP contribution in [0.15, 0.2) is 11.6 Å². The summed E-state index contributed by atoms with van der Waals surface area (Å²) in [5.74, 6) is 0.220. The lowest BCUT2D eigenvalue weighted by molar-refractivity contribution is 0.0919. The fraction of sp³-hybridized carbons (Fsp3) is 0.600. The van der Waals surface area contributed by atoms with Crippen LogP contribution in [0.4, 0.5) is 0 Å². The van der Waals surface area contributed by atoms with E-state index >= 15 is 0 Å². The van der Waals surface area contributed by atoms with E-state index in [1.165, 1.54) is 14.2 Å². The highest BCUT2D eigenvalue weighted by atomic mass is 16.7. The van der Waals surface area contributed by atoms with Gasteiger partial charge < -0.3 is 9.47 Å². The molecule has 0 radical (unpaired) electrons. The number of rotatable bonds is 2. The lowest BCUT2D eigenvalue weighted by atomic mass is 10.6. The largest absolute Gasteiger partial charge is 0.463 e. The first-order chi connectivity index (χ1) is 4.26. The van der Waals surface area contributed by atoms with Crippen LogP contribution in [0, 0.1) is 5.39 Å². The molecule has 0 saturated heterocycles. The van der Waals surface area contributed by atoms with Crippen LogP contribution in [0.5, 0.6) is 0 Å². The van der Waals surface area contributed by atoms with Crippen molar-refractivity contribution >= 4 is 0 Å². The summed E-state index contributed by atoms with van der Waals surface area (Å²) in [7, 11) is 2.88. The number of ether oxygens (including phenoxy) is 2. The van der Waals surface area contributed by atoms with E-state index in [4.69, 9.17) is 5.39 Å². The van der Waals surface area contributed by atoms with Gasteiger partial charge in [-0.25, -0.2) is 0 Å². The third kappa shape index (κ3) is 2.00. The van der Waals surface area contributed by atoms with E-state index in [9.17, 15) is 0 Å². The summed E-state index contributed by atoms with van der Waals surface area (Å²) < 4.78 is 9.31. The van der Waals surface area contributed by atoms with Gasteiger partial charge in [0.2, 0.25) is 5.39 Å². The summed E-state index contributed by atoms with van der Waals surface area (Å²) in [6.45, 7) is 1.57. The van der Waals surface area contributed by atoms with Crippen LogP contribution in [-0.4, -0.2) is 14.2 Å². The molecule has 0 heterocycles. The minimum atomic E-state index is 0.220. The van der Waals surface area contributed by atoms with E-state index < -0.39 is 0 Å². The Morgan fingerprint density at radius 1 is 1.33 bits per heavy atom. The molecule has 9 heavy (non-hydrogen) atoms. The Morgan fingerprint density at radius 3 is 1.89 bits per heavy atom. The molecule has 4 nitrogen and oxygen atoms in total. The zero-order valence-electron chi connectivity index (χ0n) is 5.71. The Balaban J connectivity index is 4.23. The normalized spacial score (nSPS) is 7.33. The average molecular weight is 129 g/mol. The first kappa shape index (κ1) is 7.76. The maximum atomic E-state index is 8.17. The average Bonchev–Trinajstić information content (AvgIpc) is 1.90. The third-order valence-corrected chi connectivity index (χ3v) is 0.816. The molecule has 0 spiro atoms. The topological polar surface area (TPSA) is 46.6 Å². The van der Waals surface area contributed by atoms with Gasteiger partial charge in [-0.2, -0.15) is 0 Å². The number of hydrogen-bond acceptors (Lipinski definition) is 3. The van der Waals surface area contributed by atoms with Crippen molar-refractivity contribution < 1.29 is 9.47 Å². The van der Waals surface area contributed by atoms with Gasteiger partial charge in [0.15, 0.2) is 4.98 Å². The number of nitrogens with zero attached hydrogens (tertiary/aromatic N) is 2. The van der Waals surface area contributed by atoms with Crippen molar-refractivity contribution in [1.29, 1.82) is 5.39 Å². The second-order valence-electron chi connectivity index (χ2n) is 1.38. The Hall–Kier alpha value is -1.24. The molecule has 0 bridgehead atoms. The molecule has 0 aromatic rings. The van der Waals surface area contributed by atoms with E-state index in [1.54, 1.807) is 6.92 Å². The monoisotopic (exact) mass is 129 g/mol. The summed E-state index contributed by atoms with van der Waals surface area (Å²) in [6, 6.07) is 0. The second-order valence-corrected chi connectivity index (χ2v) is 1.38. The highest BCUT2D eigenvalue weighted by Crippen LogP contribution is 2.05. The number of hydrogen-bond donors (Lipinski definition) is 0. The molecule has 4 heteroatoms. The van der Waals surface area contributed by atoms with Gasteiger partial charge in [0.25, 0.3) is 0 Å². The summed E-state index contributed by atoms with van der Waals surface area (Å²) >= 11 is 0. The Kier molecular flexibility index (Phi) is 3.21. The van der Waals surface area contributed by atoms with Gasteiger partial charge in [-0.1, -0.05) is 0 Å². The molecule has 0 amide bonds. The number of diazo groups is 1. The van der Waals surface area contributed by atoms with Crippen molar-refractivity contribution in [1.82, 2.24) is 0 Å². The molecule has 0 N–H and O–H groups in total. The first-order valence-electron chi connectivity index (χ1n) is 2.40. The smallest absolute Gasteiger partial charge is 0.437 e. The molecule has 0 unspecified atom stereocenters. The van der Waals surface area contributed by atoms with Gasteiger partial charge in [-0.05, 0) is 0 Å². The summed E-state index contributed by atoms with van der Waals surface area (Å²) in [6.07, 6.45) is 0. The van der Waals surface area contributed by atoms with Gasteiger partial charge in [0, 0.05) is 0 Å². The Morgan fingerprint density at radius 2 is 1.78 bits per heavy atom. The van der Waals surface area contributed by atoms with Gasteiger partial charge in [-0.15, -0.1) is 0 Å². The van der Waals surface area contributed by atoms with E-state index in [0.717, 1.165) is 0 Å². The van der Waals surface area contributed by atoms with Crippen LogP contribution < -0.4 is 0 Å². The van der Waals surface area contributed by atoms with Crippen LogP contribution in [0.2, 0.25) is 0 Å². The summed E-state index contributed by atoms with van der Waals surface area (Å²) in [5.41, 5.74) is 0.319. The standard InChI is InChI=1S/C5H9N2O2/c1-4(7-6)5(8-2)9-3/h1-3H3/q+1. The molecule has 50 valence electrons. The molecule has 0 atom stereocenters. The molecule has 0 rings (SSSR count). The highest BCUT2D eigenvalue weighted by Gasteiger charge is 2.12. The van der Waals surface area contributed by atoms with E-state index in [-0.39, 0.29) is 5.95 Å². The molecular formula is C5H9N2O2+. The van der Waals surface area contributed by atoms with Crippen LogP contribution in [0.3, 0.4) is 0 Å². The van der Waals surface area contributed by atoms with Crippen molar-refractivity contribution in [3.63, 3.8) is 0 Å². The summed E-state index contributed by atoms with van der Waals surface area (Å²) in [5, 5.41) is 8.17. The lowest BCUT2D eigenvalue weighted by Gasteiger charge is -1.96. The summed E-state index contributed by atoms with van der Waals surface area (Å²) in [4.78, 5) is 2.86. The molecule has 0 aliphatic rings. The van der Waals surface area contributed by atoms with Gasteiger partial charge in [0.05, 0.1) is 21.1 Å². The minimum absolute atomic E-state index is 0.220. The number of allylic oxidation sites excluding steroid dienone is 1. The maximum absolute atomic E-state index is 8.17. The third-order valence-electron chi connectivity index (χ3n) is 0.816. The van der Waals surface area contributed by atoms with Gasteiger partial charge in [-0.3, -0.25) is 0 Å². The maximum Gasteiger partial charge on any atom is 0.437 e. The van der Waals surface area contributed by atoms with Crippen molar-refractivity contribution in [3.8, 4) is 0 Å². The molecule has 0 fully saturated rings. The van der Waals surface area contributed by atoms with Gasteiger partial charge >= 0.3 is 11.6 Å². The second kappa shape index (κ2) is 3.72. The molecule has 0 saturated carbocycles. The lowest BCUT2D eigenvalue weighted by Crippen LogP contribution is -1.91. The zero-order chi connectivity index (χ0) is 7.28. The zero-order valence-corrected chi connectivity index (χ0v) is 5.71. The molecule has 0 aromatic carbocycles. The first-order valence-corrected chi connectivity index (χ1v) is 2.40. The SMILES string of the molecule is COC(OC)=C(C)[N+]#N. The molecule has 0 aliphatic carbocycles.